The summed E-state index contributed by atoms with van der Waals surface area (Å²) in [6.45, 7) is 4.05. The molecule has 0 spiro atoms. The maximum atomic E-state index is 13.2. The van der Waals surface area contributed by atoms with Gasteiger partial charge in [-0.15, -0.1) is 0 Å². The molecule has 3 heterocycles. The van der Waals surface area contributed by atoms with Crippen molar-refractivity contribution in [1.82, 2.24) is 5.01 Å². The van der Waals surface area contributed by atoms with Crippen LogP contribution in [0.4, 0.5) is 10.5 Å². The lowest BCUT2D eigenvalue weighted by Gasteiger charge is -2.27. The summed E-state index contributed by atoms with van der Waals surface area (Å²) in [5.74, 6) is 1.60. The lowest BCUT2D eigenvalue weighted by Crippen LogP contribution is -2.45. The SMILES string of the molecule is Cc1ccc2c(c1)NC(=O)N(C1COc3ccccc3OC1)N=C2C1CCOCC1. The molecule has 30 heavy (non-hydrogen) atoms. The van der Waals surface area contributed by atoms with Crippen molar-refractivity contribution in [1.29, 1.82) is 0 Å². The van der Waals surface area contributed by atoms with E-state index in [4.69, 9.17) is 19.3 Å². The van der Waals surface area contributed by atoms with Crippen LogP contribution in [0.2, 0.25) is 0 Å². The molecule has 1 fully saturated rings. The van der Waals surface area contributed by atoms with E-state index in [1.807, 2.05) is 37.3 Å². The molecule has 0 radical (unpaired) electrons. The summed E-state index contributed by atoms with van der Waals surface area (Å²) in [6, 6.07) is 13.0. The second-order valence-electron chi connectivity index (χ2n) is 7.92. The predicted molar refractivity (Wildman–Crippen MR) is 113 cm³/mol. The summed E-state index contributed by atoms with van der Waals surface area (Å²) in [7, 11) is 0. The van der Waals surface area contributed by atoms with Crippen LogP contribution in [0, 0.1) is 12.8 Å². The van der Waals surface area contributed by atoms with Gasteiger partial charge in [0.15, 0.2) is 11.5 Å². The first kappa shape index (κ1) is 18.9. The van der Waals surface area contributed by atoms with E-state index in [0.29, 0.717) is 37.9 Å². The number of carbonyl (C=O) groups excluding carboxylic acids is 1. The molecular weight excluding hydrogens is 382 g/mol. The van der Waals surface area contributed by atoms with Crippen molar-refractivity contribution >= 4 is 17.4 Å². The van der Waals surface area contributed by atoms with Crippen LogP contribution in [0.5, 0.6) is 11.5 Å². The summed E-state index contributed by atoms with van der Waals surface area (Å²) < 4.78 is 17.4. The van der Waals surface area contributed by atoms with Gasteiger partial charge in [0.25, 0.3) is 0 Å². The molecule has 2 aromatic carbocycles. The van der Waals surface area contributed by atoms with Crippen LogP contribution < -0.4 is 14.8 Å². The molecule has 2 aromatic rings. The van der Waals surface area contributed by atoms with Crippen molar-refractivity contribution in [3.63, 3.8) is 0 Å². The molecule has 3 aliphatic rings. The zero-order valence-electron chi connectivity index (χ0n) is 17.0. The van der Waals surface area contributed by atoms with E-state index in [0.717, 1.165) is 35.4 Å². The van der Waals surface area contributed by atoms with Crippen molar-refractivity contribution < 1.29 is 19.0 Å². The van der Waals surface area contributed by atoms with Gasteiger partial charge in [-0.25, -0.2) is 9.80 Å². The second-order valence-corrected chi connectivity index (χ2v) is 7.92. The van der Waals surface area contributed by atoms with Crippen LogP contribution in [-0.2, 0) is 4.74 Å². The van der Waals surface area contributed by atoms with Crippen molar-refractivity contribution in [2.45, 2.75) is 25.8 Å². The van der Waals surface area contributed by atoms with Crippen molar-refractivity contribution in [3.05, 3.63) is 53.6 Å². The summed E-state index contributed by atoms with van der Waals surface area (Å²) in [6.07, 6.45) is 1.77. The fraction of sp³-hybridized carbons (Fsp3) is 0.391. The van der Waals surface area contributed by atoms with Gasteiger partial charge in [-0.3, -0.25) is 0 Å². The molecule has 0 aromatic heterocycles. The number of nitrogens with zero attached hydrogens (tertiary/aromatic N) is 2. The lowest BCUT2D eigenvalue weighted by molar-refractivity contribution is 0.0819. The smallest absolute Gasteiger partial charge is 0.342 e. The molecule has 0 saturated carbocycles. The van der Waals surface area contributed by atoms with Crippen molar-refractivity contribution in [2.24, 2.45) is 11.0 Å². The third kappa shape index (κ3) is 3.61. The number of aryl methyl sites for hydroxylation is 1. The number of hydrazone groups is 1. The number of ether oxygens (including phenoxy) is 3. The monoisotopic (exact) mass is 407 g/mol. The van der Waals surface area contributed by atoms with Crippen LogP contribution in [0.3, 0.4) is 0 Å². The first-order chi connectivity index (χ1) is 14.7. The first-order valence-corrected chi connectivity index (χ1v) is 10.4. The van der Waals surface area contributed by atoms with Crippen LogP contribution in [0.15, 0.2) is 47.6 Å². The molecule has 1 N–H and O–H groups in total. The van der Waals surface area contributed by atoms with Gasteiger partial charge in [-0.2, -0.15) is 5.10 Å². The Kier molecular flexibility index (Phi) is 5.04. The van der Waals surface area contributed by atoms with Gasteiger partial charge < -0.3 is 19.5 Å². The van der Waals surface area contributed by atoms with E-state index in [1.165, 1.54) is 5.01 Å². The normalized spacial score (nSPS) is 20.0. The minimum absolute atomic E-state index is 0.236. The number of hydrogen-bond donors (Lipinski definition) is 1. The number of para-hydroxylation sites is 2. The lowest BCUT2D eigenvalue weighted by atomic mass is 9.89. The predicted octanol–water partition coefficient (Wildman–Crippen LogP) is 3.81. The van der Waals surface area contributed by atoms with Crippen molar-refractivity contribution in [2.75, 3.05) is 31.7 Å². The Morgan fingerprint density at radius 3 is 2.43 bits per heavy atom. The molecule has 0 aliphatic carbocycles. The average molecular weight is 407 g/mol. The minimum Gasteiger partial charge on any atom is -0.487 e. The number of carbonyl (C=O) groups is 1. The van der Waals surface area contributed by atoms with Gasteiger partial charge in [-0.05, 0) is 43.5 Å². The molecule has 3 aliphatic heterocycles. The average Bonchev–Trinajstić information content (AvgIpc) is 3.06. The number of nitrogens with one attached hydrogen (secondary N) is 1. The van der Waals surface area contributed by atoms with E-state index >= 15 is 0 Å². The molecule has 5 rings (SSSR count). The number of benzene rings is 2. The Morgan fingerprint density at radius 2 is 1.73 bits per heavy atom. The maximum absolute atomic E-state index is 13.2. The second kappa shape index (κ2) is 7.99. The Morgan fingerprint density at radius 1 is 1.03 bits per heavy atom. The van der Waals surface area contributed by atoms with E-state index in [9.17, 15) is 4.79 Å². The highest BCUT2D eigenvalue weighted by Crippen LogP contribution is 2.32. The highest BCUT2D eigenvalue weighted by atomic mass is 16.5. The molecule has 156 valence electrons. The fourth-order valence-corrected chi connectivity index (χ4v) is 4.14. The highest BCUT2D eigenvalue weighted by Gasteiger charge is 2.34. The van der Waals surface area contributed by atoms with Gasteiger partial charge in [-0.1, -0.05) is 24.3 Å². The Hall–Kier alpha value is -3.06. The molecule has 0 atom stereocenters. The molecule has 7 nitrogen and oxygen atoms in total. The number of fused-ring (bicyclic) bond motifs is 2. The number of urea groups is 1. The molecule has 2 amide bonds. The van der Waals surface area contributed by atoms with Gasteiger partial charge in [0, 0.05) is 24.7 Å². The summed E-state index contributed by atoms with van der Waals surface area (Å²) in [4.78, 5) is 13.2. The number of amides is 2. The maximum Gasteiger partial charge on any atom is 0.342 e. The van der Waals surface area contributed by atoms with Crippen LogP contribution >= 0.6 is 0 Å². The minimum atomic E-state index is -0.345. The molecule has 7 heteroatoms. The van der Waals surface area contributed by atoms with Gasteiger partial charge in [0.2, 0.25) is 0 Å². The highest BCUT2D eigenvalue weighted by molar-refractivity contribution is 6.11. The van der Waals surface area contributed by atoms with E-state index in [1.54, 1.807) is 0 Å². The Bertz CT molecular complexity index is 957. The van der Waals surface area contributed by atoms with E-state index in [2.05, 4.69) is 17.4 Å². The van der Waals surface area contributed by atoms with Crippen LogP contribution in [-0.4, -0.2) is 49.2 Å². The van der Waals surface area contributed by atoms with Gasteiger partial charge >= 0.3 is 6.03 Å². The van der Waals surface area contributed by atoms with E-state index in [-0.39, 0.29) is 18.0 Å². The number of hydrogen-bond acceptors (Lipinski definition) is 5. The molecule has 0 unspecified atom stereocenters. The number of rotatable bonds is 2. The van der Waals surface area contributed by atoms with Crippen molar-refractivity contribution in [3.8, 4) is 11.5 Å². The third-order valence-electron chi connectivity index (χ3n) is 5.78. The summed E-state index contributed by atoms with van der Waals surface area (Å²) in [5, 5.41) is 9.46. The first-order valence-electron chi connectivity index (χ1n) is 10.4. The van der Waals surface area contributed by atoms with Gasteiger partial charge in [0.05, 0.1) is 11.4 Å². The Labute approximate surface area is 175 Å². The summed E-state index contributed by atoms with van der Waals surface area (Å²) >= 11 is 0. The molecule has 1 saturated heterocycles. The van der Waals surface area contributed by atoms with Crippen LogP contribution in [0.1, 0.15) is 24.0 Å². The zero-order chi connectivity index (χ0) is 20.5. The quantitative estimate of drug-likeness (QED) is 0.822. The topological polar surface area (TPSA) is 72.4 Å². The standard InChI is InChI=1S/C23H25N3O4/c1-15-6-7-18-19(12-15)24-23(27)26(25-22(18)16-8-10-28-11-9-16)17-13-29-20-4-2-3-5-21(20)30-14-17/h2-7,12,16-17H,8-11,13-14H2,1H3,(H,24,27). The van der Waals surface area contributed by atoms with E-state index < -0.39 is 0 Å². The third-order valence-corrected chi connectivity index (χ3v) is 5.78. The fourth-order valence-electron chi connectivity index (χ4n) is 4.14. The van der Waals surface area contributed by atoms with Crippen LogP contribution in [0.25, 0.3) is 0 Å². The molecule has 0 bridgehead atoms. The van der Waals surface area contributed by atoms with Gasteiger partial charge in [0.1, 0.15) is 19.3 Å². The molecular formula is C23H25N3O4. The Balaban J connectivity index is 1.50. The summed E-state index contributed by atoms with van der Waals surface area (Å²) in [5.41, 5.74) is 3.78. The largest absolute Gasteiger partial charge is 0.487 e. The zero-order valence-corrected chi connectivity index (χ0v) is 17.0. The number of anilines is 1.